The van der Waals surface area contributed by atoms with Gasteiger partial charge in [0.1, 0.15) is 5.82 Å². The van der Waals surface area contributed by atoms with Crippen LogP contribution in [0.2, 0.25) is 0 Å². The molecule has 114 valence electrons. The summed E-state index contributed by atoms with van der Waals surface area (Å²) in [6.07, 6.45) is 2.51. The largest absolute Gasteiger partial charge is 0.504 e. The van der Waals surface area contributed by atoms with Crippen molar-refractivity contribution in [3.05, 3.63) is 35.5 Å². The third-order valence-electron chi connectivity index (χ3n) is 3.61. The van der Waals surface area contributed by atoms with Gasteiger partial charge in [-0.15, -0.1) is 12.4 Å². The number of nitrogens with zero attached hydrogens (tertiary/aromatic N) is 2. The van der Waals surface area contributed by atoms with Crippen LogP contribution in [0, 0.1) is 0 Å². The van der Waals surface area contributed by atoms with Crippen LogP contribution in [0.3, 0.4) is 0 Å². The SMILES string of the molecule is COc1cc(CNc2cc(C3CC3)nn2C)ccc1O.Cl. The fraction of sp³-hybridized carbons (Fsp3) is 0.400. The molecular weight excluding hydrogens is 290 g/mol. The predicted octanol–water partition coefficient (Wildman–Crippen LogP) is 3.05. The summed E-state index contributed by atoms with van der Waals surface area (Å²) in [7, 11) is 3.50. The van der Waals surface area contributed by atoms with Gasteiger partial charge in [-0.25, -0.2) is 0 Å². The minimum Gasteiger partial charge on any atom is -0.504 e. The fourth-order valence-corrected chi connectivity index (χ4v) is 2.26. The van der Waals surface area contributed by atoms with E-state index in [2.05, 4.69) is 16.5 Å². The lowest BCUT2D eigenvalue weighted by Crippen LogP contribution is -2.04. The highest BCUT2D eigenvalue weighted by Gasteiger charge is 2.26. The summed E-state index contributed by atoms with van der Waals surface area (Å²) in [5.41, 5.74) is 2.23. The standard InChI is InChI=1S/C15H19N3O2.ClH/c1-18-15(8-12(17-18)11-4-5-11)16-9-10-3-6-13(19)14(7-10)20-2;/h3,6-8,11,16,19H,4-5,9H2,1-2H3;1H. The molecule has 0 radical (unpaired) electrons. The summed E-state index contributed by atoms with van der Waals surface area (Å²) in [6.45, 7) is 0.667. The molecule has 2 N–H and O–H groups in total. The molecule has 1 aromatic heterocycles. The molecule has 1 aromatic carbocycles. The van der Waals surface area contributed by atoms with Crippen LogP contribution < -0.4 is 10.1 Å². The molecule has 1 aliphatic rings. The number of phenolic OH excluding ortho intramolecular Hbond substituents is 1. The van der Waals surface area contributed by atoms with Gasteiger partial charge in [-0.2, -0.15) is 5.10 Å². The van der Waals surface area contributed by atoms with Gasteiger partial charge in [0.25, 0.3) is 0 Å². The number of methoxy groups -OCH3 is 1. The van der Waals surface area contributed by atoms with Gasteiger partial charge in [0.15, 0.2) is 11.5 Å². The smallest absolute Gasteiger partial charge is 0.160 e. The first-order valence-electron chi connectivity index (χ1n) is 6.81. The van der Waals surface area contributed by atoms with Crippen molar-refractivity contribution in [1.29, 1.82) is 0 Å². The summed E-state index contributed by atoms with van der Waals surface area (Å²) >= 11 is 0. The molecule has 0 unspecified atom stereocenters. The zero-order chi connectivity index (χ0) is 14.1. The van der Waals surface area contributed by atoms with E-state index in [0.29, 0.717) is 18.2 Å². The molecular formula is C15H20ClN3O2. The monoisotopic (exact) mass is 309 g/mol. The minimum absolute atomic E-state index is 0. The number of aromatic hydroxyl groups is 1. The molecule has 3 rings (SSSR count). The molecule has 1 fully saturated rings. The Morgan fingerprint density at radius 1 is 1.38 bits per heavy atom. The van der Waals surface area contributed by atoms with Crippen molar-refractivity contribution in [2.24, 2.45) is 7.05 Å². The molecule has 2 aromatic rings. The first-order valence-corrected chi connectivity index (χ1v) is 6.81. The van der Waals surface area contributed by atoms with E-state index in [1.807, 2.05) is 23.9 Å². The lowest BCUT2D eigenvalue weighted by atomic mass is 10.2. The van der Waals surface area contributed by atoms with Gasteiger partial charge in [0.2, 0.25) is 0 Å². The average Bonchev–Trinajstić information content (AvgIpc) is 3.22. The van der Waals surface area contributed by atoms with Crippen LogP contribution >= 0.6 is 12.4 Å². The number of anilines is 1. The molecule has 0 aliphatic heterocycles. The van der Waals surface area contributed by atoms with Crippen LogP contribution in [0.25, 0.3) is 0 Å². The number of aryl methyl sites for hydroxylation is 1. The van der Waals surface area contributed by atoms with Crippen LogP contribution in [0.15, 0.2) is 24.3 Å². The predicted molar refractivity (Wildman–Crippen MR) is 84.4 cm³/mol. The van der Waals surface area contributed by atoms with Crippen LogP contribution in [0.4, 0.5) is 5.82 Å². The summed E-state index contributed by atoms with van der Waals surface area (Å²) in [5.74, 6) is 2.32. The second-order valence-electron chi connectivity index (χ2n) is 5.21. The number of phenols is 1. The van der Waals surface area contributed by atoms with Crippen molar-refractivity contribution in [3.8, 4) is 11.5 Å². The van der Waals surface area contributed by atoms with Gasteiger partial charge in [0, 0.05) is 25.6 Å². The molecule has 1 aliphatic carbocycles. The lowest BCUT2D eigenvalue weighted by Gasteiger charge is -2.09. The van der Waals surface area contributed by atoms with Crippen LogP contribution in [-0.2, 0) is 13.6 Å². The van der Waals surface area contributed by atoms with Gasteiger partial charge in [-0.1, -0.05) is 6.07 Å². The Morgan fingerprint density at radius 3 is 2.81 bits per heavy atom. The van der Waals surface area contributed by atoms with Gasteiger partial charge < -0.3 is 15.2 Å². The average molecular weight is 310 g/mol. The van der Waals surface area contributed by atoms with Crippen molar-refractivity contribution in [3.63, 3.8) is 0 Å². The molecule has 1 heterocycles. The molecule has 0 saturated heterocycles. The number of aromatic nitrogens is 2. The number of hydrogen-bond acceptors (Lipinski definition) is 4. The number of hydrogen-bond donors (Lipinski definition) is 2. The molecule has 5 nitrogen and oxygen atoms in total. The third kappa shape index (κ3) is 3.42. The van der Waals surface area contributed by atoms with E-state index < -0.39 is 0 Å². The molecule has 0 amide bonds. The van der Waals surface area contributed by atoms with E-state index in [9.17, 15) is 5.11 Å². The van der Waals surface area contributed by atoms with Crippen LogP contribution in [0.5, 0.6) is 11.5 Å². The Labute approximate surface area is 130 Å². The van der Waals surface area contributed by atoms with E-state index in [1.165, 1.54) is 18.5 Å². The number of benzene rings is 1. The minimum atomic E-state index is 0. The van der Waals surface area contributed by atoms with Crippen molar-refractivity contribution in [2.45, 2.75) is 25.3 Å². The van der Waals surface area contributed by atoms with Gasteiger partial charge in [-0.3, -0.25) is 4.68 Å². The Bertz CT molecular complexity index is 623. The van der Waals surface area contributed by atoms with Crippen LogP contribution in [-0.4, -0.2) is 22.0 Å². The zero-order valence-corrected chi connectivity index (χ0v) is 13.0. The second kappa shape index (κ2) is 6.26. The maximum absolute atomic E-state index is 9.58. The maximum Gasteiger partial charge on any atom is 0.160 e. The third-order valence-corrected chi connectivity index (χ3v) is 3.61. The lowest BCUT2D eigenvalue weighted by molar-refractivity contribution is 0.373. The fourth-order valence-electron chi connectivity index (χ4n) is 2.26. The highest BCUT2D eigenvalue weighted by molar-refractivity contribution is 5.85. The Morgan fingerprint density at radius 2 is 2.14 bits per heavy atom. The Hall–Kier alpha value is -1.88. The summed E-state index contributed by atoms with van der Waals surface area (Å²) in [5, 5.41) is 17.5. The molecule has 0 atom stereocenters. The van der Waals surface area contributed by atoms with Crippen LogP contribution in [0.1, 0.15) is 30.0 Å². The highest BCUT2D eigenvalue weighted by Crippen LogP contribution is 2.40. The Kier molecular flexibility index (Phi) is 4.63. The second-order valence-corrected chi connectivity index (χ2v) is 5.21. The normalized spacial score (nSPS) is 13.6. The van der Waals surface area contributed by atoms with Gasteiger partial charge in [0.05, 0.1) is 12.8 Å². The number of rotatable bonds is 5. The van der Waals surface area contributed by atoms with Crippen molar-refractivity contribution >= 4 is 18.2 Å². The molecule has 1 saturated carbocycles. The topological polar surface area (TPSA) is 59.3 Å². The molecule has 21 heavy (non-hydrogen) atoms. The molecule has 0 spiro atoms. The summed E-state index contributed by atoms with van der Waals surface area (Å²) in [4.78, 5) is 0. The first-order chi connectivity index (χ1) is 9.67. The number of ether oxygens (including phenoxy) is 1. The van der Waals surface area contributed by atoms with Crippen molar-refractivity contribution < 1.29 is 9.84 Å². The van der Waals surface area contributed by atoms with Gasteiger partial charge >= 0.3 is 0 Å². The maximum atomic E-state index is 9.58. The van der Waals surface area contributed by atoms with E-state index in [4.69, 9.17) is 4.74 Å². The number of nitrogens with one attached hydrogen (secondary N) is 1. The van der Waals surface area contributed by atoms with E-state index in [0.717, 1.165) is 11.4 Å². The van der Waals surface area contributed by atoms with E-state index >= 15 is 0 Å². The highest BCUT2D eigenvalue weighted by atomic mass is 35.5. The van der Waals surface area contributed by atoms with E-state index in [-0.39, 0.29) is 18.2 Å². The van der Waals surface area contributed by atoms with E-state index in [1.54, 1.807) is 13.2 Å². The number of halogens is 1. The van der Waals surface area contributed by atoms with Crippen molar-refractivity contribution in [2.75, 3.05) is 12.4 Å². The zero-order valence-electron chi connectivity index (χ0n) is 12.2. The Balaban J connectivity index is 0.00000161. The van der Waals surface area contributed by atoms with Crippen molar-refractivity contribution in [1.82, 2.24) is 9.78 Å². The summed E-state index contributed by atoms with van der Waals surface area (Å²) < 4.78 is 6.99. The molecule has 0 bridgehead atoms. The first kappa shape index (κ1) is 15.5. The van der Waals surface area contributed by atoms with Gasteiger partial charge in [-0.05, 0) is 30.5 Å². The quantitative estimate of drug-likeness (QED) is 0.891. The molecule has 6 heteroatoms. The summed E-state index contributed by atoms with van der Waals surface area (Å²) in [6, 6.07) is 7.48.